The van der Waals surface area contributed by atoms with E-state index in [2.05, 4.69) is 19.6 Å². The summed E-state index contributed by atoms with van der Waals surface area (Å²) in [6.45, 7) is 8.94. The van der Waals surface area contributed by atoms with Crippen molar-refractivity contribution in [1.82, 2.24) is 4.57 Å². The molecule has 1 aromatic heterocycles. The van der Waals surface area contributed by atoms with Crippen LogP contribution < -0.4 is 4.90 Å². The zero-order valence-corrected chi connectivity index (χ0v) is 17.1. The molecular weight excluding hydrogens is 360 g/mol. The van der Waals surface area contributed by atoms with Crippen molar-refractivity contribution in [3.8, 4) is 0 Å². The van der Waals surface area contributed by atoms with Gasteiger partial charge in [0.25, 0.3) is 0 Å². The first kappa shape index (κ1) is 19.4. The minimum Gasteiger partial charge on any atom is -0.447 e. The summed E-state index contributed by atoms with van der Waals surface area (Å²) in [6.07, 6.45) is 1.51. The highest BCUT2D eigenvalue weighted by atomic mass is 28.3. The molecule has 1 amide bonds. The van der Waals surface area contributed by atoms with E-state index < -0.39 is 8.07 Å². The van der Waals surface area contributed by atoms with Crippen LogP contribution in [-0.4, -0.2) is 44.3 Å². The largest absolute Gasteiger partial charge is 0.447 e. The molecule has 0 atom stereocenters. The maximum atomic E-state index is 12.8. The number of aromatic nitrogens is 1. The van der Waals surface area contributed by atoms with Crippen LogP contribution in [0, 0.1) is 0 Å². The molecule has 3 rings (SSSR count). The number of ether oxygens (including phenoxy) is 2. The van der Waals surface area contributed by atoms with E-state index in [1.165, 1.54) is 0 Å². The number of cyclic esters (lactones) is 1. The van der Waals surface area contributed by atoms with E-state index >= 15 is 0 Å². The summed E-state index contributed by atoms with van der Waals surface area (Å²) in [5, 5.41) is 0. The second kappa shape index (κ2) is 8.10. The summed E-state index contributed by atoms with van der Waals surface area (Å²) in [5.41, 5.74) is 1.91. The van der Waals surface area contributed by atoms with Crippen molar-refractivity contribution in [2.75, 3.05) is 24.7 Å². The third-order valence-electron chi connectivity index (χ3n) is 4.49. The number of nitrogens with zero attached hydrogens (tertiary/aromatic N) is 2. The van der Waals surface area contributed by atoms with Crippen LogP contribution in [0.5, 0.6) is 0 Å². The molecule has 1 aliphatic heterocycles. The lowest BCUT2D eigenvalue weighted by Crippen LogP contribution is -2.23. The number of hydrogen-bond donors (Lipinski definition) is 0. The summed E-state index contributed by atoms with van der Waals surface area (Å²) < 4.78 is 12.5. The monoisotopic (exact) mass is 386 g/mol. The third kappa shape index (κ3) is 4.87. The first-order chi connectivity index (χ1) is 12.8. The van der Waals surface area contributed by atoms with Gasteiger partial charge in [-0.1, -0.05) is 19.6 Å². The molecular formula is C20H26N2O4Si. The van der Waals surface area contributed by atoms with Gasteiger partial charge in [-0.2, -0.15) is 0 Å². The van der Waals surface area contributed by atoms with Gasteiger partial charge in [0.2, 0.25) is 5.78 Å². The summed E-state index contributed by atoms with van der Waals surface area (Å²) in [5.74, 6) is -0.0654. The Bertz CT molecular complexity index is 808. The molecule has 6 nitrogen and oxygen atoms in total. The molecule has 27 heavy (non-hydrogen) atoms. The van der Waals surface area contributed by atoms with Crippen LogP contribution in [0.3, 0.4) is 0 Å². The van der Waals surface area contributed by atoms with Crippen molar-refractivity contribution in [2.45, 2.75) is 32.4 Å². The predicted molar refractivity (Wildman–Crippen MR) is 107 cm³/mol. The second-order valence-corrected chi connectivity index (χ2v) is 13.5. The van der Waals surface area contributed by atoms with E-state index in [0.717, 1.165) is 11.7 Å². The summed E-state index contributed by atoms with van der Waals surface area (Å²) in [4.78, 5) is 26.0. The van der Waals surface area contributed by atoms with Gasteiger partial charge in [-0.25, -0.2) is 4.79 Å². The van der Waals surface area contributed by atoms with Crippen LogP contribution in [0.15, 0.2) is 42.6 Å². The fraction of sp³-hybridized carbons (Fsp3) is 0.400. The Kier molecular flexibility index (Phi) is 5.81. The van der Waals surface area contributed by atoms with Gasteiger partial charge in [0.15, 0.2) is 0 Å². The summed E-state index contributed by atoms with van der Waals surface area (Å²) in [6, 6.07) is 11.8. The Morgan fingerprint density at radius 2 is 1.93 bits per heavy atom. The lowest BCUT2D eigenvalue weighted by atomic mass is 10.1. The lowest BCUT2D eigenvalue weighted by Gasteiger charge is -2.16. The lowest BCUT2D eigenvalue weighted by molar-refractivity contribution is 0.0819. The summed E-state index contributed by atoms with van der Waals surface area (Å²) in [7, 11) is -1.13. The van der Waals surface area contributed by atoms with E-state index in [4.69, 9.17) is 9.47 Å². The molecule has 0 N–H and O–H groups in total. The zero-order valence-electron chi connectivity index (χ0n) is 16.1. The molecule has 2 heterocycles. The molecule has 0 aliphatic carbocycles. The van der Waals surface area contributed by atoms with Crippen LogP contribution in [0.1, 0.15) is 16.1 Å². The quantitative estimate of drug-likeness (QED) is 0.391. The first-order valence-electron chi connectivity index (χ1n) is 9.17. The van der Waals surface area contributed by atoms with Gasteiger partial charge in [0.1, 0.15) is 13.3 Å². The highest BCUT2D eigenvalue weighted by Gasteiger charge is 2.23. The minimum absolute atomic E-state index is 0.0654. The standard InChI is InChI=1S/C20H26N2O4Si/c1-27(2,3)14-13-25-15-21-10-4-5-18(21)19(23)16-6-8-17(9-7-16)22-11-12-26-20(22)24/h4-10H,11-15H2,1-3H3. The second-order valence-electron chi connectivity index (χ2n) is 7.85. The third-order valence-corrected chi connectivity index (χ3v) is 6.20. The molecule has 1 fully saturated rings. The normalized spacial score (nSPS) is 14.5. The van der Waals surface area contributed by atoms with Crippen molar-refractivity contribution in [3.63, 3.8) is 0 Å². The van der Waals surface area contributed by atoms with Crippen molar-refractivity contribution in [2.24, 2.45) is 0 Å². The maximum Gasteiger partial charge on any atom is 0.414 e. The molecule has 0 spiro atoms. The number of rotatable bonds is 8. The Hall–Kier alpha value is -2.38. The van der Waals surface area contributed by atoms with E-state index in [9.17, 15) is 9.59 Å². The zero-order chi connectivity index (χ0) is 19.4. The average molecular weight is 387 g/mol. The van der Waals surface area contributed by atoms with E-state index in [1.807, 2.05) is 16.8 Å². The highest BCUT2D eigenvalue weighted by Crippen LogP contribution is 2.21. The van der Waals surface area contributed by atoms with Crippen LogP contribution in [-0.2, 0) is 16.2 Å². The van der Waals surface area contributed by atoms with Gasteiger partial charge < -0.3 is 14.0 Å². The topological polar surface area (TPSA) is 60.8 Å². The molecule has 1 aliphatic rings. The molecule has 0 saturated carbocycles. The van der Waals surface area contributed by atoms with Crippen molar-refractivity contribution < 1.29 is 19.1 Å². The fourth-order valence-electron chi connectivity index (χ4n) is 2.84. The average Bonchev–Trinajstić information content (AvgIpc) is 3.26. The molecule has 144 valence electrons. The fourth-order valence-corrected chi connectivity index (χ4v) is 3.60. The number of anilines is 1. The number of hydrogen-bond acceptors (Lipinski definition) is 4. The van der Waals surface area contributed by atoms with Crippen molar-refractivity contribution >= 4 is 25.6 Å². The molecule has 1 saturated heterocycles. The number of carbonyl (C=O) groups is 2. The van der Waals surface area contributed by atoms with Crippen LogP contribution in [0.2, 0.25) is 25.7 Å². The van der Waals surface area contributed by atoms with Gasteiger partial charge >= 0.3 is 6.09 Å². The Morgan fingerprint density at radius 1 is 1.19 bits per heavy atom. The molecule has 0 unspecified atom stereocenters. The Labute approximate surface area is 160 Å². The van der Waals surface area contributed by atoms with Crippen molar-refractivity contribution in [3.05, 3.63) is 53.9 Å². The van der Waals surface area contributed by atoms with Gasteiger partial charge in [-0.05, 0) is 42.4 Å². The van der Waals surface area contributed by atoms with Gasteiger partial charge in [0, 0.05) is 32.1 Å². The first-order valence-corrected chi connectivity index (χ1v) is 12.9. The Morgan fingerprint density at radius 3 is 2.56 bits per heavy atom. The molecule has 0 bridgehead atoms. The molecule has 7 heteroatoms. The number of amides is 1. The number of ketones is 1. The van der Waals surface area contributed by atoms with Gasteiger partial charge in [-0.15, -0.1) is 0 Å². The molecule has 2 aromatic rings. The predicted octanol–water partition coefficient (Wildman–Crippen LogP) is 3.99. The maximum absolute atomic E-state index is 12.8. The smallest absolute Gasteiger partial charge is 0.414 e. The highest BCUT2D eigenvalue weighted by molar-refractivity contribution is 6.76. The number of carbonyl (C=O) groups excluding carboxylic acids is 2. The van der Waals surface area contributed by atoms with E-state index in [-0.39, 0.29) is 11.9 Å². The SMILES string of the molecule is C[Si](C)(C)CCOCn1cccc1C(=O)c1ccc(N2CCOC2=O)cc1. The van der Waals surface area contributed by atoms with Crippen molar-refractivity contribution in [1.29, 1.82) is 0 Å². The van der Waals surface area contributed by atoms with Crippen LogP contribution in [0.25, 0.3) is 0 Å². The molecule has 1 aromatic carbocycles. The minimum atomic E-state index is -1.13. The number of benzene rings is 1. The van der Waals surface area contributed by atoms with Gasteiger partial charge in [0.05, 0.1) is 12.2 Å². The Balaban J connectivity index is 1.64. The van der Waals surface area contributed by atoms with E-state index in [1.54, 1.807) is 35.2 Å². The van der Waals surface area contributed by atoms with Gasteiger partial charge in [-0.3, -0.25) is 9.69 Å². The van der Waals surface area contributed by atoms with Crippen LogP contribution in [0.4, 0.5) is 10.5 Å². The van der Waals surface area contributed by atoms with E-state index in [0.29, 0.717) is 37.7 Å². The summed E-state index contributed by atoms with van der Waals surface area (Å²) >= 11 is 0. The molecule has 0 radical (unpaired) electrons. The van der Waals surface area contributed by atoms with Crippen LogP contribution >= 0.6 is 0 Å².